The van der Waals surface area contributed by atoms with E-state index in [1.165, 1.54) is 18.2 Å². The van der Waals surface area contributed by atoms with Gasteiger partial charge in [0, 0.05) is 17.3 Å². The molecule has 0 atom stereocenters. The van der Waals surface area contributed by atoms with Crippen LogP contribution in [0.25, 0.3) is 0 Å². The van der Waals surface area contributed by atoms with Gasteiger partial charge in [0.2, 0.25) is 0 Å². The van der Waals surface area contributed by atoms with E-state index in [0.29, 0.717) is 22.9 Å². The first-order valence-corrected chi connectivity index (χ1v) is 7.91. The van der Waals surface area contributed by atoms with E-state index < -0.39 is 42.3 Å². The molecule has 0 spiro atoms. The number of aromatic nitrogens is 1. The highest BCUT2D eigenvalue weighted by Crippen LogP contribution is 2.28. The summed E-state index contributed by atoms with van der Waals surface area (Å²) < 4.78 is 43.2. The number of alkyl halides is 3. The first-order valence-electron chi connectivity index (χ1n) is 7.53. The Morgan fingerprint density at radius 1 is 1.25 bits per heavy atom. The van der Waals surface area contributed by atoms with Gasteiger partial charge in [-0.25, -0.2) is 0 Å². The molecule has 1 amide bonds. The third-order valence-corrected chi connectivity index (χ3v) is 3.59. The molecule has 0 aliphatic carbocycles. The van der Waals surface area contributed by atoms with Crippen LogP contribution in [0.4, 0.5) is 18.9 Å². The number of anilines is 1. The van der Waals surface area contributed by atoms with Crippen LogP contribution in [0.5, 0.6) is 0 Å². The molecule has 28 heavy (non-hydrogen) atoms. The van der Waals surface area contributed by atoms with E-state index in [4.69, 9.17) is 16.9 Å². The lowest BCUT2D eigenvalue weighted by molar-refractivity contribution is -0.148. The molecule has 0 radical (unpaired) electrons. The number of halogens is 4. The summed E-state index contributed by atoms with van der Waals surface area (Å²) in [5.74, 6) is -1.90. The fourth-order valence-electron chi connectivity index (χ4n) is 2.06. The predicted octanol–water partition coefficient (Wildman–Crippen LogP) is 2.57. The van der Waals surface area contributed by atoms with Gasteiger partial charge < -0.3 is 14.6 Å². The molecular formula is C17H11ClF3N3O4. The fraction of sp³-hybridized carbons (Fsp3) is 0.176. The lowest BCUT2D eigenvalue weighted by atomic mass is 10.2. The number of pyridine rings is 1. The van der Waals surface area contributed by atoms with Gasteiger partial charge in [-0.2, -0.15) is 18.4 Å². The van der Waals surface area contributed by atoms with E-state index in [1.54, 1.807) is 0 Å². The molecule has 2 aromatic rings. The van der Waals surface area contributed by atoms with E-state index in [1.807, 2.05) is 6.07 Å². The Bertz CT molecular complexity index is 1010. The van der Waals surface area contributed by atoms with Crippen LogP contribution in [0.15, 0.2) is 41.3 Å². The number of carbonyl (C=O) groups excluding carboxylic acids is 2. The number of hydrogen-bond acceptors (Lipinski definition) is 5. The smallest absolute Gasteiger partial charge is 0.417 e. The summed E-state index contributed by atoms with van der Waals surface area (Å²) in [5.41, 5.74) is -1.72. The molecule has 11 heteroatoms. The average Bonchev–Trinajstić information content (AvgIpc) is 2.61. The highest BCUT2D eigenvalue weighted by atomic mass is 35.5. The van der Waals surface area contributed by atoms with E-state index >= 15 is 0 Å². The number of carbonyl (C=O) groups is 2. The van der Waals surface area contributed by atoms with Crippen molar-refractivity contribution in [3.05, 3.63) is 63.0 Å². The van der Waals surface area contributed by atoms with Crippen LogP contribution >= 0.6 is 11.6 Å². The van der Waals surface area contributed by atoms with Gasteiger partial charge in [-0.1, -0.05) is 11.6 Å². The Hall–Kier alpha value is -3.32. The molecule has 1 N–H and O–H groups in total. The molecule has 0 aliphatic heterocycles. The highest BCUT2D eigenvalue weighted by molar-refractivity contribution is 6.31. The number of benzene rings is 1. The maximum atomic E-state index is 12.7. The van der Waals surface area contributed by atoms with Crippen molar-refractivity contribution in [1.82, 2.24) is 4.57 Å². The van der Waals surface area contributed by atoms with Gasteiger partial charge in [0.15, 0.2) is 6.61 Å². The van der Waals surface area contributed by atoms with Crippen molar-refractivity contribution in [1.29, 1.82) is 5.26 Å². The number of nitrogens with zero attached hydrogens (tertiary/aromatic N) is 2. The second kappa shape index (κ2) is 8.58. The molecule has 0 fully saturated rings. The highest BCUT2D eigenvalue weighted by Gasteiger charge is 2.31. The predicted molar refractivity (Wildman–Crippen MR) is 91.5 cm³/mol. The average molecular weight is 414 g/mol. The van der Waals surface area contributed by atoms with Gasteiger partial charge >= 0.3 is 12.1 Å². The summed E-state index contributed by atoms with van der Waals surface area (Å²) >= 11 is 5.78. The molecule has 0 bridgehead atoms. The Balaban J connectivity index is 1.98. The number of esters is 1. The molecule has 0 saturated heterocycles. The number of hydrogen-bond donors (Lipinski definition) is 1. The SMILES string of the molecule is N#Cc1ccc(Cl)cc1NC(=O)COC(=O)Cn1cc(C(F)(F)F)ccc1=O. The minimum absolute atomic E-state index is 0.102. The molecule has 1 aromatic heterocycles. The van der Waals surface area contributed by atoms with Crippen LogP contribution in [-0.2, 0) is 27.0 Å². The van der Waals surface area contributed by atoms with Gasteiger partial charge in [-0.15, -0.1) is 0 Å². The van der Waals surface area contributed by atoms with Gasteiger partial charge in [0.25, 0.3) is 11.5 Å². The normalized spacial score (nSPS) is 10.8. The zero-order valence-electron chi connectivity index (χ0n) is 13.9. The summed E-state index contributed by atoms with van der Waals surface area (Å²) in [5, 5.41) is 11.5. The van der Waals surface area contributed by atoms with Crippen LogP contribution in [0.2, 0.25) is 5.02 Å². The van der Waals surface area contributed by atoms with E-state index in [9.17, 15) is 27.6 Å². The van der Waals surface area contributed by atoms with Crippen molar-refractivity contribution in [3.63, 3.8) is 0 Å². The Morgan fingerprint density at radius 3 is 2.61 bits per heavy atom. The van der Waals surface area contributed by atoms with Gasteiger partial charge in [0.1, 0.15) is 12.6 Å². The molecule has 0 unspecified atom stereocenters. The maximum Gasteiger partial charge on any atom is 0.417 e. The van der Waals surface area contributed by atoms with Crippen LogP contribution in [0.1, 0.15) is 11.1 Å². The summed E-state index contributed by atoms with van der Waals surface area (Å²) in [6, 6.07) is 7.25. The zero-order valence-corrected chi connectivity index (χ0v) is 14.7. The molecule has 146 valence electrons. The molecule has 0 saturated carbocycles. The molecule has 2 rings (SSSR count). The third-order valence-electron chi connectivity index (χ3n) is 3.35. The topological polar surface area (TPSA) is 101 Å². The monoisotopic (exact) mass is 413 g/mol. The van der Waals surface area contributed by atoms with E-state index in [-0.39, 0.29) is 16.3 Å². The minimum Gasteiger partial charge on any atom is -0.454 e. The zero-order chi connectivity index (χ0) is 20.9. The molecule has 7 nitrogen and oxygen atoms in total. The van der Waals surface area contributed by atoms with Gasteiger partial charge in [-0.3, -0.25) is 14.4 Å². The first kappa shape index (κ1) is 21.0. The number of nitrogens with one attached hydrogen (secondary N) is 1. The number of nitriles is 1. The quantitative estimate of drug-likeness (QED) is 0.759. The van der Waals surface area contributed by atoms with Crippen LogP contribution in [0.3, 0.4) is 0 Å². The number of rotatable bonds is 5. The third kappa shape index (κ3) is 5.59. The van der Waals surface area contributed by atoms with Gasteiger partial charge in [-0.05, 0) is 24.3 Å². The van der Waals surface area contributed by atoms with Crippen molar-refractivity contribution >= 4 is 29.2 Å². The maximum absolute atomic E-state index is 12.7. The van der Waals surface area contributed by atoms with Crippen molar-refractivity contribution in [2.45, 2.75) is 12.7 Å². The van der Waals surface area contributed by atoms with E-state index in [0.717, 1.165) is 0 Å². The molecule has 1 heterocycles. The van der Waals surface area contributed by atoms with Crippen LogP contribution in [0, 0.1) is 11.3 Å². The number of amides is 1. The second-order valence-corrected chi connectivity index (χ2v) is 5.83. The van der Waals surface area contributed by atoms with Crippen molar-refractivity contribution in [2.24, 2.45) is 0 Å². The van der Waals surface area contributed by atoms with Crippen molar-refractivity contribution < 1.29 is 27.5 Å². The lowest BCUT2D eigenvalue weighted by Crippen LogP contribution is -2.28. The first-order chi connectivity index (χ1) is 13.1. The molecule has 1 aromatic carbocycles. The Kier molecular flexibility index (Phi) is 6.43. The Labute approximate surface area is 160 Å². The summed E-state index contributed by atoms with van der Waals surface area (Å²) in [6.07, 6.45) is -4.20. The molecular weight excluding hydrogens is 403 g/mol. The number of ether oxygens (including phenoxy) is 1. The fourth-order valence-corrected chi connectivity index (χ4v) is 2.23. The van der Waals surface area contributed by atoms with Crippen LogP contribution < -0.4 is 10.9 Å². The summed E-state index contributed by atoms with van der Waals surface area (Å²) in [6.45, 7) is -1.58. The summed E-state index contributed by atoms with van der Waals surface area (Å²) in [4.78, 5) is 35.2. The van der Waals surface area contributed by atoms with Crippen LogP contribution in [-0.4, -0.2) is 23.1 Å². The van der Waals surface area contributed by atoms with Crippen molar-refractivity contribution in [2.75, 3.05) is 11.9 Å². The standard InChI is InChI=1S/C17H11ClF3N3O4/c18-12-3-1-10(6-22)13(5-12)23-14(25)9-28-16(27)8-24-7-11(17(19,20)21)2-4-15(24)26/h1-5,7H,8-9H2,(H,23,25). The largest absolute Gasteiger partial charge is 0.454 e. The second-order valence-electron chi connectivity index (χ2n) is 5.39. The Morgan fingerprint density at radius 2 is 1.96 bits per heavy atom. The molecule has 0 aliphatic rings. The summed E-state index contributed by atoms with van der Waals surface area (Å²) in [7, 11) is 0. The van der Waals surface area contributed by atoms with E-state index in [2.05, 4.69) is 10.1 Å². The lowest BCUT2D eigenvalue weighted by Gasteiger charge is -2.11. The van der Waals surface area contributed by atoms with Gasteiger partial charge in [0.05, 0.1) is 16.8 Å². The van der Waals surface area contributed by atoms with Crippen molar-refractivity contribution in [3.8, 4) is 6.07 Å². The minimum atomic E-state index is -4.69.